The number of aryl methyl sites for hydroxylation is 1. The molecule has 144 valence electrons. The Morgan fingerprint density at radius 2 is 2.23 bits per heavy atom. The molecule has 5 nitrogen and oxygen atoms in total. The molecule has 0 bridgehead atoms. The van der Waals surface area contributed by atoms with Gasteiger partial charge in [-0.3, -0.25) is 4.99 Å². The van der Waals surface area contributed by atoms with Crippen molar-refractivity contribution in [1.82, 2.24) is 15.2 Å². The summed E-state index contributed by atoms with van der Waals surface area (Å²) < 4.78 is 5.68. The highest BCUT2D eigenvalue weighted by Gasteiger charge is 2.08. The Morgan fingerprint density at radius 3 is 2.88 bits per heavy atom. The number of ether oxygens (including phenoxy) is 1. The number of hydrogen-bond acceptors (Lipinski definition) is 4. The molecule has 26 heavy (non-hydrogen) atoms. The topological polar surface area (TPSA) is 49.8 Å². The number of aromatic nitrogens is 1. The number of thiazole rings is 1. The number of nitrogens with zero attached hydrogens (tertiary/aromatic N) is 3. The number of halogens is 2. The van der Waals surface area contributed by atoms with Crippen molar-refractivity contribution in [2.45, 2.75) is 27.0 Å². The van der Waals surface area contributed by atoms with E-state index in [2.05, 4.69) is 32.5 Å². The molecule has 1 aromatic heterocycles. The van der Waals surface area contributed by atoms with Crippen molar-refractivity contribution in [3.05, 3.63) is 50.9 Å². The molecule has 0 aliphatic heterocycles. The molecule has 1 aromatic carbocycles. The molecule has 0 aliphatic carbocycles. The van der Waals surface area contributed by atoms with Crippen molar-refractivity contribution >= 4 is 52.9 Å². The summed E-state index contributed by atoms with van der Waals surface area (Å²) in [4.78, 5) is 11.2. The molecular formula is C18H26ClIN4OS. The predicted molar refractivity (Wildman–Crippen MR) is 121 cm³/mol. The average molecular weight is 509 g/mol. The van der Waals surface area contributed by atoms with E-state index in [0.717, 1.165) is 40.3 Å². The number of guanidine groups is 1. The lowest BCUT2D eigenvalue weighted by molar-refractivity contribution is 0.128. The van der Waals surface area contributed by atoms with Gasteiger partial charge in [-0.05, 0) is 31.5 Å². The molecule has 0 atom stereocenters. The Labute approximate surface area is 181 Å². The van der Waals surface area contributed by atoms with Crippen molar-refractivity contribution in [3.63, 3.8) is 0 Å². The first kappa shape index (κ1) is 23.1. The molecule has 2 aromatic rings. The van der Waals surface area contributed by atoms with Crippen LogP contribution in [-0.2, 0) is 17.9 Å². The maximum absolute atomic E-state index is 5.97. The zero-order valence-electron chi connectivity index (χ0n) is 15.4. The van der Waals surface area contributed by atoms with Crippen LogP contribution in [0.25, 0.3) is 0 Å². The summed E-state index contributed by atoms with van der Waals surface area (Å²) in [5.74, 6) is 0.861. The van der Waals surface area contributed by atoms with Crippen LogP contribution in [0, 0.1) is 6.92 Å². The van der Waals surface area contributed by atoms with E-state index in [9.17, 15) is 0 Å². The van der Waals surface area contributed by atoms with Gasteiger partial charge in [0.15, 0.2) is 5.96 Å². The minimum absolute atomic E-state index is 0. The Bertz CT molecular complexity index is 695. The first-order valence-corrected chi connectivity index (χ1v) is 9.57. The van der Waals surface area contributed by atoms with E-state index in [0.29, 0.717) is 19.8 Å². The van der Waals surface area contributed by atoms with Gasteiger partial charge in [0.2, 0.25) is 0 Å². The highest BCUT2D eigenvalue weighted by atomic mass is 127. The Balaban J connectivity index is 0.00000338. The lowest BCUT2D eigenvalue weighted by Gasteiger charge is -2.21. The van der Waals surface area contributed by atoms with Crippen LogP contribution >= 0.6 is 46.9 Å². The minimum Gasteiger partial charge on any atom is -0.375 e. The summed E-state index contributed by atoms with van der Waals surface area (Å²) in [6.07, 6.45) is 0. The number of rotatable bonds is 8. The van der Waals surface area contributed by atoms with Gasteiger partial charge < -0.3 is 15.0 Å². The molecule has 0 unspecified atom stereocenters. The van der Waals surface area contributed by atoms with Crippen molar-refractivity contribution in [2.75, 3.05) is 26.7 Å². The fraction of sp³-hybridized carbons (Fsp3) is 0.444. The highest BCUT2D eigenvalue weighted by Crippen LogP contribution is 2.11. The first-order chi connectivity index (χ1) is 12.1. The van der Waals surface area contributed by atoms with Gasteiger partial charge in [-0.15, -0.1) is 35.3 Å². The number of benzene rings is 1. The Morgan fingerprint density at radius 1 is 1.42 bits per heavy atom. The fourth-order valence-electron chi connectivity index (χ4n) is 2.30. The summed E-state index contributed by atoms with van der Waals surface area (Å²) in [6.45, 7) is 7.34. The summed E-state index contributed by atoms with van der Waals surface area (Å²) in [7, 11) is 2.02. The van der Waals surface area contributed by atoms with E-state index in [1.165, 1.54) is 0 Å². The van der Waals surface area contributed by atoms with E-state index < -0.39 is 0 Å². The molecule has 0 fully saturated rings. The smallest absolute Gasteiger partial charge is 0.194 e. The van der Waals surface area contributed by atoms with Crippen LogP contribution in [0.2, 0.25) is 5.02 Å². The van der Waals surface area contributed by atoms with Crippen molar-refractivity contribution in [3.8, 4) is 0 Å². The zero-order chi connectivity index (χ0) is 18.1. The average Bonchev–Trinajstić information content (AvgIpc) is 2.98. The van der Waals surface area contributed by atoms with E-state index in [-0.39, 0.29) is 24.0 Å². The number of aliphatic imine (C=N–C) groups is 1. The van der Waals surface area contributed by atoms with Crippen molar-refractivity contribution < 1.29 is 4.74 Å². The molecular weight excluding hydrogens is 483 g/mol. The van der Waals surface area contributed by atoms with Crippen LogP contribution in [0.15, 0.2) is 34.6 Å². The normalized spacial score (nSPS) is 11.2. The van der Waals surface area contributed by atoms with Gasteiger partial charge in [0, 0.05) is 24.0 Å². The summed E-state index contributed by atoms with van der Waals surface area (Å²) in [5, 5.41) is 7.20. The quantitative estimate of drug-likeness (QED) is 0.249. The fourth-order valence-corrected chi connectivity index (χ4v) is 3.12. The van der Waals surface area contributed by atoms with E-state index >= 15 is 0 Å². The summed E-state index contributed by atoms with van der Waals surface area (Å²) >= 11 is 7.64. The monoisotopic (exact) mass is 508 g/mol. The molecule has 1 N–H and O–H groups in total. The Hall–Kier alpha value is -0.900. The van der Waals surface area contributed by atoms with Crippen LogP contribution in [0.4, 0.5) is 0 Å². The highest BCUT2D eigenvalue weighted by molar-refractivity contribution is 14.0. The predicted octanol–water partition coefficient (Wildman–Crippen LogP) is 4.34. The number of hydrogen-bond donors (Lipinski definition) is 1. The van der Waals surface area contributed by atoms with Crippen molar-refractivity contribution in [2.24, 2.45) is 4.99 Å². The van der Waals surface area contributed by atoms with Gasteiger partial charge in [0.05, 0.1) is 37.0 Å². The maximum atomic E-state index is 5.97. The van der Waals surface area contributed by atoms with Crippen molar-refractivity contribution in [1.29, 1.82) is 0 Å². The SMILES string of the molecule is CCNC(=NCCOCc1cccc(Cl)c1)N(C)Cc1csc(C)n1.I. The van der Waals surface area contributed by atoms with E-state index in [1.54, 1.807) is 11.3 Å². The van der Waals surface area contributed by atoms with Gasteiger partial charge in [-0.1, -0.05) is 23.7 Å². The molecule has 0 saturated carbocycles. The van der Waals surface area contributed by atoms with Crippen LogP contribution in [0.5, 0.6) is 0 Å². The second-order valence-corrected chi connectivity index (χ2v) is 7.13. The third-order valence-corrected chi connectivity index (χ3v) is 4.47. The second-order valence-electron chi connectivity index (χ2n) is 5.63. The van der Waals surface area contributed by atoms with Crippen LogP contribution < -0.4 is 5.32 Å². The lowest BCUT2D eigenvalue weighted by atomic mass is 10.2. The molecule has 0 amide bonds. The zero-order valence-corrected chi connectivity index (χ0v) is 19.3. The molecule has 0 aliphatic rings. The van der Waals surface area contributed by atoms with E-state index in [4.69, 9.17) is 16.3 Å². The second kappa shape index (κ2) is 12.5. The lowest BCUT2D eigenvalue weighted by Crippen LogP contribution is -2.38. The summed E-state index contributed by atoms with van der Waals surface area (Å²) in [6, 6.07) is 7.71. The largest absolute Gasteiger partial charge is 0.375 e. The van der Waals surface area contributed by atoms with Crippen LogP contribution in [-0.4, -0.2) is 42.6 Å². The molecule has 0 saturated heterocycles. The third kappa shape index (κ3) is 8.20. The van der Waals surface area contributed by atoms with Crippen LogP contribution in [0.1, 0.15) is 23.2 Å². The van der Waals surface area contributed by atoms with Gasteiger partial charge in [0.1, 0.15) is 0 Å². The third-order valence-electron chi connectivity index (χ3n) is 3.42. The van der Waals surface area contributed by atoms with Gasteiger partial charge >= 0.3 is 0 Å². The first-order valence-electron chi connectivity index (χ1n) is 8.31. The minimum atomic E-state index is 0. The molecule has 1 heterocycles. The van der Waals surface area contributed by atoms with Gasteiger partial charge in [0.25, 0.3) is 0 Å². The molecule has 0 radical (unpaired) electrons. The standard InChI is InChI=1S/C18H25ClN4OS.HI/c1-4-20-18(23(3)11-17-13-25-14(2)22-17)21-8-9-24-12-15-6-5-7-16(19)10-15;/h5-7,10,13H,4,8-9,11-12H2,1-3H3,(H,20,21);1H. The molecule has 0 spiro atoms. The van der Waals surface area contributed by atoms with Gasteiger partial charge in [-0.2, -0.15) is 0 Å². The summed E-state index contributed by atoms with van der Waals surface area (Å²) in [5.41, 5.74) is 2.13. The maximum Gasteiger partial charge on any atom is 0.194 e. The Kier molecular flexibility index (Phi) is 11.1. The van der Waals surface area contributed by atoms with Crippen LogP contribution in [0.3, 0.4) is 0 Å². The molecule has 8 heteroatoms. The number of nitrogens with one attached hydrogen (secondary N) is 1. The molecule has 2 rings (SSSR count). The van der Waals surface area contributed by atoms with E-state index in [1.807, 2.05) is 38.2 Å². The van der Waals surface area contributed by atoms with Gasteiger partial charge in [-0.25, -0.2) is 4.98 Å².